The van der Waals surface area contributed by atoms with Crippen molar-refractivity contribution in [1.29, 1.82) is 0 Å². The molecule has 8 heteroatoms. The van der Waals surface area contributed by atoms with E-state index in [1.54, 1.807) is 23.4 Å². The van der Waals surface area contributed by atoms with Crippen LogP contribution >= 0.6 is 11.6 Å². The normalized spacial score (nSPS) is 16.9. The molecule has 2 aromatic heterocycles. The summed E-state index contributed by atoms with van der Waals surface area (Å²) in [6, 6.07) is 11.5. The van der Waals surface area contributed by atoms with Gasteiger partial charge in [0.25, 0.3) is 5.91 Å². The average molecular weight is 384 g/mol. The molecule has 1 saturated heterocycles. The van der Waals surface area contributed by atoms with Gasteiger partial charge in [0.2, 0.25) is 5.91 Å². The summed E-state index contributed by atoms with van der Waals surface area (Å²) in [5, 5.41) is 7.25. The molecule has 1 atom stereocenters. The zero-order valence-corrected chi connectivity index (χ0v) is 15.3. The molecule has 1 fully saturated rings. The fourth-order valence-electron chi connectivity index (χ4n) is 3.25. The predicted molar refractivity (Wildman–Crippen MR) is 101 cm³/mol. The number of nitrogens with one attached hydrogen (secondary N) is 1. The van der Waals surface area contributed by atoms with Crippen LogP contribution < -0.4 is 5.32 Å². The second-order valence-corrected chi connectivity index (χ2v) is 6.88. The number of hydrogen-bond donors (Lipinski definition) is 1. The topological polar surface area (TPSA) is 79.6 Å². The van der Waals surface area contributed by atoms with Crippen LogP contribution in [0.2, 0.25) is 5.02 Å². The van der Waals surface area contributed by atoms with Gasteiger partial charge in [-0.1, -0.05) is 41.9 Å². The molecule has 1 aliphatic heterocycles. The molecule has 138 valence electrons. The molecule has 1 aliphatic rings. The van der Waals surface area contributed by atoms with Gasteiger partial charge in [0, 0.05) is 31.9 Å². The highest BCUT2D eigenvalue weighted by Crippen LogP contribution is 2.20. The molecule has 27 heavy (non-hydrogen) atoms. The minimum Gasteiger partial charge on any atom is -0.346 e. The van der Waals surface area contributed by atoms with Gasteiger partial charge in [-0.05, 0) is 18.1 Å². The van der Waals surface area contributed by atoms with Crippen LogP contribution in [0.4, 0.5) is 0 Å². The number of nitrogens with zero attached hydrogens (tertiary/aromatic N) is 4. The van der Waals surface area contributed by atoms with E-state index >= 15 is 0 Å². The number of halogens is 1. The fraction of sp³-hybridized carbons (Fsp3) is 0.263. The Morgan fingerprint density at radius 1 is 1.26 bits per heavy atom. The zero-order chi connectivity index (χ0) is 18.8. The van der Waals surface area contributed by atoms with E-state index in [1.165, 1.54) is 10.1 Å². The maximum Gasteiger partial charge on any atom is 0.273 e. The second-order valence-electron chi connectivity index (χ2n) is 6.50. The van der Waals surface area contributed by atoms with Crippen LogP contribution in [0.5, 0.6) is 0 Å². The summed E-state index contributed by atoms with van der Waals surface area (Å²) in [6.45, 7) is 1.12. The number of rotatable bonds is 5. The third kappa shape index (κ3) is 3.64. The minimum absolute atomic E-state index is 0.0407. The molecular weight excluding hydrogens is 366 g/mol. The van der Waals surface area contributed by atoms with Gasteiger partial charge in [0.15, 0.2) is 11.3 Å². The number of carbonyl (C=O) groups excluding carboxylic acids is 2. The van der Waals surface area contributed by atoms with E-state index in [1.807, 2.05) is 30.3 Å². The zero-order valence-electron chi connectivity index (χ0n) is 14.5. The van der Waals surface area contributed by atoms with Crippen molar-refractivity contribution in [3.8, 4) is 0 Å². The summed E-state index contributed by atoms with van der Waals surface area (Å²) in [4.78, 5) is 30.7. The Morgan fingerprint density at radius 2 is 2.07 bits per heavy atom. The summed E-state index contributed by atoms with van der Waals surface area (Å²) in [5.74, 6) is -0.354. The Bertz CT molecular complexity index is 988. The standard InChI is InChI=1S/C19H18ClN5O2/c20-16-17(23-25-9-4-8-21-18(16)25)19(27)22-14-11-15(26)24(12-14)10-7-13-5-2-1-3-6-13/h1-6,8-9,14H,7,10-12H2,(H,22,27). The Balaban J connectivity index is 1.39. The van der Waals surface area contributed by atoms with Gasteiger partial charge in [0.1, 0.15) is 5.02 Å². The number of aromatic nitrogens is 3. The van der Waals surface area contributed by atoms with Crippen LogP contribution in [-0.4, -0.2) is 50.4 Å². The number of carbonyl (C=O) groups is 2. The van der Waals surface area contributed by atoms with Gasteiger partial charge in [-0.25, -0.2) is 9.50 Å². The van der Waals surface area contributed by atoms with E-state index in [4.69, 9.17) is 11.6 Å². The highest BCUT2D eigenvalue weighted by Gasteiger charge is 2.31. The molecule has 1 unspecified atom stereocenters. The van der Waals surface area contributed by atoms with E-state index < -0.39 is 5.91 Å². The summed E-state index contributed by atoms with van der Waals surface area (Å²) < 4.78 is 1.46. The SMILES string of the molecule is O=C(NC1CC(=O)N(CCc2ccccc2)C1)c1nn2cccnc2c1Cl. The van der Waals surface area contributed by atoms with Crippen molar-refractivity contribution in [3.63, 3.8) is 0 Å². The second kappa shape index (κ2) is 7.36. The Morgan fingerprint density at radius 3 is 2.85 bits per heavy atom. The molecule has 7 nitrogen and oxygen atoms in total. The molecule has 2 amide bonds. The highest BCUT2D eigenvalue weighted by molar-refractivity contribution is 6.36. The van der Waals surface area contributed by atoms with E-state index in [0.717, 1.165) is 6.42 Å². The molecule has 4 rings (SSSR count). The minimum atomic E-state index is -0.395. The number of hydrogen-bond acceptors (Lipinski definition) is 4. The van der Waals surface area contributed by atoms with Crippen molar-refractivity contribution in [2.45, 2.75) is 18.9 Å². The summed E-state index contributed by atoms with van der Waals surface area (Å²) in [5.41, 5.74) is 1.73. The van der Waals surface area contributed by atoms with Crippen molar-refractivity contribution < 1.29 is 9.59 Å². The van der Waals surface area contributed by atoms with Gasteiger partial charge in [-0.3, -0.25) is 9.59 Å². The third-order valence-electron chi connectivity index (χ3n) is 4.62. The highest BCUT2D eigenvalue weighted by atomic mass is 35.5. The number of likely N-dealkylation sites (tertiary alicyclic amines) is 1. The van der Waals surface area contributed by atoms with E-state index in [9.17, 15) is 9.59 Å². The molecule has 1 N–H and O–H groups in total. The number of amides is 2. The van der Waals surface area contributed by atoms with Gasteiger partial charge >= 0.3 is 0 Å². The first-order valence-corrected chi connectivity index (χ1v) is 9.11. The lowest BCUT2D eigenvalue weighted by molar-refractivity contribution is -0.127. The van der Waals surface area contributed by atoms with Crippen LogP contribution in [0.15, 0.2) is 48.8 Å². The summed E-state index contributed by atoms with van der Waals surface area (Å²) in [7, 11) is 0. The predicted octanol–water partition coefficient (Wildman–Crippen LogP) is 1.96. The molecule has 3 aromatic rings. The van der Waals surface area contributed by atoms with Crippen LogP contribution in [0.3, 0.4) is 0 Å². The largest absolute Gasteiger partial charge is 0.346 e. The molecule has 0 spiro atoms. The summed E-state index contributed by atoms with van der Waals surface area (Å²) in [6.07, 6.45) is 4.33. The first-order chi connectivity index (χ1) is 13.1. The Labute approximate surface area is 160 Å². The quantitative estimate of drug-likeness (QED) is 0.730. The molecule has 1 aromatic carbocycles. The van der Waals surface area contributed by atoms with Crippen LogP contribution in [0, 0.1) is 0 Å². The van der Waals surface area contributed by atoms with Crippen molar-refractivity contribution in [2.75, 3.05) is 13.1 Å². The molecular formula is C19H18ClN5O2. The maximum absolute atomic E-state index is 12.6. The Kier molecular flexibility index (Phi) is 4.77. The van der Waals surface area contributed by atoms with E-state index in [-0.39, 0.29) is 29.1 Å². The van der Waals surface area contributed by atoms with Crippen molar-refractivity contribution in [2.24, 2.45) is 0 Å². The molecule has 3 heterocycles. The lowest BCUT2D eigenvalue weighted by atomic mass is 10.1. The maximum atomic E-state index is 12.6. The van der Waals surface area contributed by atoms with Crippen LogP contribution in [-0.2, 0) is 11.2 Å². The molecule has 0 radical (unpaired) electrons. The smallest absolute Gasteiger partial charge is 0.273 e. The lowest BCUT2D eigenvalue weighted by Gasteiger charge is -2.17. The fourth-order valence-corrected chi connectivity index (χ4v) is 3.51. The first kappa shape index (κ1) is 17.5. The monoisotopic (exact) mass is 383 g/mol. The summed E-state index contributed by atoms with van der Waals surface area (Å²) >= 11 is 6.23. The van der Waals surface area contributed by atoms with Crippen molar-refractivity contribution in [3.05, 3.63) is 65.1 Å². The van der Waals surface area contributed by atoms with Crippen molar-refractivity contribution >= 4 is 29.1 Å². The van der Waals surface area contributed by atoms with E-state index in [2.05, 4.69) is 15.4 Å². The molecule has 0 bridgehead atoms. The van der Waals surface area contributed by atoms with Crippen LogP contribution in [0.1, 0.15) is 22.5 Å². The van der Waals surface area contributed by atoms with Crippen molar-refractivity contribution in [1.82, 2.24) is 24.8 Å². The Hall–Kier alpha value is -2.93. The number of benzene rings is 1. The van der Waals surface area contributed by atoms with Crippen LogP contribution in [0.25, 0.3) is 5.65 Å². The molecule has 0 aliphatic carbocycles. The van der Waals surface area contributed by atoms with Gasteiger partial charge in [0.05, 0.1) is 6.04 Å². The third-order valence-corrected chi connectivity index (χ3v) is 4.97. The van der Waals surface area contributed by atoms with Gasteiger partial charge in [-0.2, -0.15) is 5.10 Å². The van der Waals surface area contributed by atoms with Gasteiger partial charge in [-0.15, -0.1) is 0 Å². The first-order valence-electron chi connectivity index (χ1n) is 8.73. The molecule has 0 saturated carbocycles. The van der Waals surface area contributed by atoms with E-state index in [0.29, 0.717) is 18.7 Å². The number of fused-ring (bicyclic) bond motifs is 1. The average Bonchev–Trinajstić information content (AvgIpc) is 3.21. The lowest BCUT2D eigenvalue weighted by Crippen LogP contribution is -2.37. The van der Waals surface area contributed by atoms with Gasteiger partial charge < -0.3 is 10.2 Å².